The molecule has 1 fully saturated rings. The molecule has 0 spiro atoms. The molecule has 1 atom stereocenters. The van der Waals surface area contributed by atoms with Gasteiger partial charge < -0.3 is 18.4 Å². The molecule has 1 unspecified atom stereocenters. The zero-order chi connectivity index (χ0) is 22.8. The highest BCUT2D eigenvalue weighted by molar-refractivity contribution is 7.45. The van der Waals surface area contributed by atoms with Crippen molar-refractivity contribution in [2.75, 3.05) is 32.8 Å². The lowest BCUT2D eigenvalue weighted by Gasteiger charge is -2.43. The van der Waals surface area contributed by atoms with Gasteiger partial charge in [-0.15, -0.1) is 0 Å². The van der Waals surface area contributed by atoms with E-state index >= 15 is 0 Å². The molecule has 6 heteroatoms. The molecule has 0 aliphatic carbocycles. The second kappa shape index (κ2) is 17.5. The molecule has 31 heavy (non-hydrogen) atoms. The first-order valence-corrected chi connectivity index (χ1v) is 14.9. The van der Waals surface area contributed by atoms with Crippen LogP contribution in [-0.2, 0) is 13.6 Å². The van der Waals surface area contributed by atoms with Gasteiger partial charge in [-0.1, -0.05) is 90.4 Å². The third kappa shape index (κ3) is 14.0. The Hall–Kier alpha value is 0.0700. The van der Waals surface area contributed by atoms with Crippen LogP contribution < -0.4 is 4.89 Å². The number of rotatable bonds is 20. The van der Waals surface area contributed by atoms with Gasteiger partial charge in [-0.3, -0.25) is 4.57 Å². The second-order valence-corrected chi connectivity index (χ2v) is 11.0. The summed E-state index contributed by atoms with van der Waals surface area (Å²) in [7, 11) is -4.16. The summed E-state index contributed by atoms with van der Waals surface area (Å²) in [5.74, 6) is 0. The third-order valence-electron chi connectivity index (χ3n) is 7.22. The highest BCUT2D eigenvalue weighted by Gasteiger charge is 2.33. The van der Waals surface area contributed by atoms with Gasteiger partial charge in [0.1, 0.15) is 0 Å². The fourth-order valence-electron chi connectivity index (χ4n) is 4.74. The van der Waals surface area contributed by atoms with Gasteiger partial charge in [0.2, 0.25) is 0 Å². The van der Waals surface area contributed by atoms with Gasteiger partial charge in [-0.2, -0.15) is 0 Å². The normalized spacial score (nSPS) is 18.8. The van der Waals surface area contributed by atoms with Crippen LogP contribution in [0.15, 0.2) is 0 Å². The van der Waals surface area contributed by atoms with Crippen molar-refractivity contribution in [3.05, 3.63) is 0 Å². The van der Waals surface area contributed by atoms with Crippen LogP contribution in [0.3, 0.4) is 0 Å². The Morgan fingerprint density at radius 1 is 0.742 bits per heavy atom. The van der Waals surface area contributed by atoms with E-state index in [2.05, 4.69) is 20.8 Å². The minimum absolute atomic E-state index is 0.205. The number of nitrogens with zero attached hydrogens (tertiary/aromatic N) is 1. The fraction of sp³-hybridized carbons (Fsp3) is 1.00. The largest absolute Gasteiger partial charge is 0.756 e. The molecular formula is C25H52NO4P. The molecule has 0 saturated carbocycles. The number of hydrogen-bond acceptors (Lipinski definition) is 4. The third-order valence-corrected chi connectivity index (χ3v) is 8.27. The SMILES string of the molecule is CCCCCCCCCCCCCCCCOP(=O)([O-])OC1CC[N+](CC)(CC)CC1. The number of likely N-dealkylation sites (tertiary alicyclic amines) is 1. The van der Waals surface area contributed by atoms with E-state index in [-0.39, 0.29) is 12.7 Å². The molecule has 186 valence electrons. The molecule has 0 N–H and O–H groups in total. The number of phosphoric ester groups is 1. The van der Waals surface area contributed by atoms with Crippen molar-refractivity contribution < 1.29 is 23.0 Å². The summed E-state index contributed by atoms with van der Waals surface area (Å²) in [6.45, 7) is 11.2. The van der Waals surface area contributed by atoms with Gasteiger partial charge in [-0.05, 0) is 20.3 Å². The van der Waals surface area contributed by atoms with E-state index in [1.165, 1.54) is 77.0 Å². The maximum Gasteiger partial charge on any atom is 0.268 e. The smallest absolute Gasteiger partial charge is 0.268 e. The van der Waals surface area contributed by atoms with E-state index in [1.54, 1.807) is 0 Å². The minimum atomic E-state index is -4.16. The number of quaternary nitrogens is 1. The Morgan fingerprint density at radius 3 is 1.58 bits per heavy atom. The van der Waals surface area contributed by atoms with Crippen molar-refractivity contribution in [3.63, 3.8) is 0 Å². The topological polar surface area (TPSA) is 58.6 Å². The molecule has 1 saturated heterocycles. The average molecular weight is 462 g/mol. The lowest BCUT2D eigenvalue weighted by Crippen LogP contribution is -2.54. The number of phosphoric acid groups is 1. The molecular weight excluding hydrogens is 409 g/mol. The summed E-state index contributed by atoms with van der Waals surface area (Å²) in [6, 6.07) is 0. The molecule has 0 aromatic heterocycles. The summed E-state index contributed by atoms with van der Waals surface area (Å²) < 4.78 is 23.6. The second-order valence-electron chi connectivity index (χ2n) is 9.60. The van der Waals surface area contributed by atoms with E-state index < -0.39 is 7.82 Å². The van der Waals surface area contributed by atoms with Crippen LogP contribution in [0, 0.1) is 0 Å². The summed E-state index contributed by atoms with van der Waals surface area (Å²) >= 11 is 0. The lowest BCUT2D eigenvalue weighted by molar-refractivity contribution is -0.930. The van der Waals surface area contributed by atoms with Crippen molar-refractivity contribution in [1.82, 2.24) is 0 Å². The Labute approximate surface area is 193 Å². The molecule has 1 heterocycles. The summed E-state index contributed by atoms with van der Waals surface area (Å²) in [4.78, 5) is 12.1. The molecule has 1 aliphatic rings. The van der Waals surface area contributed by atoms with Crippen LogP contribution in [0.1, 0.15) is 124 Å². The van der Waals surface area contributed by atoms with Gasteiger partial charge in [0.05, 0.1) is 38.9 Å². The maximum atomic E-state index is 12.1. The predicted octanol–water partition coefficient (Wildman–Crippen LogP) is 6.99. The first-order chi connectivity index (χ1) is 15.0. The van der Waals surface area contributed by atoms with Gasteiger partial charge in [0, 0.05) is 12.8 Å². The van der Waals surface area contributed by atoms with Gasteiger partial charge in [0.25, 0.3) is 7.82 Å². The first kappa shape index (κ1) is 29.1. The maximum absolute atomic E-state index is 12.1. The first-order valence-electron chi connectivity index (χ1n) is 13.5. The van der Waals surface area contributed by atoms with Gasteiger partial charge >= 0.3 is 0 Å². The Balaban J connectivity index is 1.93. The van der Waals surface area contributed by atoms with Crippen LogP contribution in [0.2, 0.25) is 0 Å². The van der Waals surface area contributed by atoms with Crippen LogP contribution in [0.5, 0.6) is 0 Å². The summed E-state index contributed by atoms with van der Waals surface area (Å²) in [6.07, 6.45) is 19.4. The van der Waals surface area contributed by atoms with Crippen LogP contribution in [-0.4, -0.2) is 43.4 Å². The van der Waals surface area contributed by atoms with E-state index in [0.717, 1.165) is 56.3 Å². The zero-order valence-electron chi connectivity index (χ0n) is 21.0. The van der Waals surface area contributed by atoms with E-state index in [1.807, 2.05) is 0 Å². The Kier molecular flexibility index (Phi) is 16.5. The number of piperidine rings is 1. The Bertz CT molecular complexity index is 460. The standard InChI is InChI=1S/C25H52NO4P/c1-4-7-8-9-10-11-12-13-14-15-16-17-18-19-24-29-31(27,28)30-25-20-22-26(5-2,6-3)23-21-25/h25H,4-24H2,1-3H3. The molecule has 1 aliphatic heterocycles. The average Bonchev–Trinajstić information content (AvgIpc) is 2.77. The Morgan fingerprint density at radius 2 is 1.16 bits per heavy atom. The minimum Gasteiger partial charge on any atom is -0.756 e. The van der Waals surface area contributed by atoms with Gasteiger partial charge in [-0.25, -0.2) is 0 Å². The number of hydrogen-bond donors (Lipinski definition) is 0. The van der Waals surface area contributed by atoms with Crippen molar-refractivity contribution in [3.8, 4) is 0 Å². The molecule has 0 radical (unpaired) electrons. The molecule has 0 amide bonds. The quantitative estimate of drug-likeness (QED) is 0.111. The van der Waals surface area contributed by atoms with E-state index in [4.69, 9.17) is 9.05 Å². The summed E-state index contributed by atoms with van der Waals surface area (Å²) in [5.41, 5.74) is 0. The highest BCUT2D eigenvalue weighted by Crippen LogP contribution is 2.42. The van der Waals surface area contributed by atoms with Crippen LogP contribution >= 0.6 is 7.82 Å². The van der Waals surface area contributed by atoms with Gasteiger partial charge in [0.15, 0.2) is 0 Å². The molecule has 0 aromatic rings. The molecule has 5 nitrogen and oxygen atoms in total. The monoisotopic (exact) mass is 461 g/mol. The summed E-state index contributed by atoms with van der Waals surface area (Å²) in [5, 5.41) is 0. The highest BCUT2D eigenvalue weighted by atomic mass is 31.2. The van der Waals surface area contributed by atoms with E-state index in [9.17, 15) is 9.46 Å². The van der Waals surface area contributed by atoms with E-state index in [0.29, 0.717) is 0 Å². The van der Waals surface area contributed by atoms with Crippen molar-refractivity contribution >= 4 is 7.82 Å². The number of unbranched alkanes of at least 4 members (excludes halogenated alkanes) is 13. The van der Waals surface area contributed by atoms with Crippen molar-refractivity contribution in [2.45, 2.75) is 130 Å². The molecule has 0 aromatic carbocycles. The fourth-order valence-corrected chi connectivity index (χ4v) is 5.73. The van der Waals surface area contributed by atoms with Crippen LogP contribution in [0.4, 0.5) is 0 Å². The van der Waals surface area contributed by atoms with Crippen LogP contribution in [0.25, 0.3) is 0 Å². The predicted molar refractivity (Wildman–Crippen MR) is 129 cm³/mol. The molecule has 1 rings (SSSR count). The lowest BCUT2D eigenvalue weighted by atomic mass is 10.0. The van der Waals surface area contributed by atoms with Crippen molar-refractivity contribution in [1.29, 1.82) is 0 Å². The van der Waals surface area contributed by atoms with Crippen molar-refractivity contribution in [2.24, 2.45) is 0 Å². The zero-order valence-corrected chi connectivity index (χ0v) is 21.8. The molecule has 0 bridgehead atoms.